The molecule has 0 amide bonds. The van der Waals surface area contributed by atoms with E-state index in [1.54, 1.807) is 6.20 Å². The van der Waals surface area contributed by atoms with Crippen LogP contribution in [0.5, 0.6) is 0 Å². The van der Waals surface area contributed by atoms with Gasteiger partial charge in [0.2, 0.25) is 0 Å². The number of carboxylic acid groups (broad SMARTS) is 1. The largest absolute Gasteiger partial charge is 0.481 e. The van der Waals surface area contributed by atoms with Gasteiger partial charge >= 0.3 is 5.97 Å². The predicted octanol–water partition coefficient (Wildman–Crippen LogP) is 0.501. The summed E-state index contributed by atoms with van der Waals surface area (Å²) in [5.74, 6) is -0.884. The number of aromatic nitrogens is 1. The lowest BCUT2D eigenvalue weighted by Crippen LogP contribution is -2.15. The van der Waals surface area contributed by atoms with E-state index in [1.165, 1.54) is 0 Å². The highest BCUT2D eigenvalue weighted by atomic mass is 16.4. The Kier molecular flexibility index (Phi) is 2.89. The number of nitrogens with two attached hydrogens (primary N) is 1. The molecule has 5 nitrogen and oxygen atoms in total. The van der Waals surface area contributed by atoms with Crippen LogP contribution < -0.4 is 5.73 Å². The topological polar surface area (TPSA) is 79.5 Å². The molecule has 0 aliphatic carbocycles. The highest BCUT2D eigenvalue weighted by Gasteiger charge is 2.19. The summed E-state index contributed by atoms with van der Waals surface area (Å²) in [5.41, 5.74) is 8.81. The summed E-state index contributed by atoms with van der Waals surface area (Å²) >= 11 is 0. The van der Waals surface area contributed by atoms with Crippen molar-refractivity contribution in [3.63, 3.8) is 0 Å². The second-order valence-electron chi connectivity index (χ2n) is 4.25. The Bertz CT molecular complexity index is 420. The van der Waals surface area contributed by atoms with Gasteiger partial charge in [0.1, 0.15) is 0 Å². The fraction of sp³-hybridized carbons (Fsp3) is 0.455. The van der Waals surface area contributed by atoms with E-state index in [1.807, 2.05) is 13.1 Å². The Morgan fingerprint density at radius 3 is 3.12 bits per heavy atom. The van der Waals surface area contributed by atoms with Crippen LogP contribution in [0.4, 0.5) is 0 Å². The fourth-order valence-electron chi connectivity index (χ4n) is 1.95. The molecular weight excluding hydrogens is 206 g/mol. The van der Waals surface area contributed by atoms with Crippen molar-refractivity contribution in [2.45, 2.75) is 25.6 Å². The summed E-state index contributed by atoms with van der Waals surface area (Å²) in [6.07, 6.45) is 1.63. The highest BCUT2D eigenvalue weighted by molar-refractivity contribution is 5.67. The maximum atomic E-state index is 10.6. The molecule has 0 saturated heterocycles. The van der Waals surface area contributed by atoms with Crippen molar-refractivity contribution in [1.29, 1.82) is 0 Å². The summed E-state index contributed by atoms with van der Waals surface area (Å²) in [5, 5.41) is 8.67. The average molecular weight is 221 g/mol. The number of fused-ring (bicyclic) bond motifs is 1. The van der Waals surface area contributed by atoms with Crippen molar-refractivity contribution in [3.05, 3.63) is 29.1 Å². The number of aliphatic carboxylic acids is 1. The molecule has 5 heteroatoms. The van der Waals surface area contributed by atoms with Crippen LogP contribution in [0, 0.1) is 0 Å². The van der Waals surface area contributed by atoms with E-state index in [0.29, 0.717) is 0 Å². The number of rotatable bonds is 3. The fourth-order valence-corrected chi connectivity index (χ4v) is 1.95. The van der Waals surface area contributed by atoms with Gasteiger partial charge < -0.3 is 10.8 Å². The molecule has 0 saturated carbocycles. The lowest BCUT2D eigenvalue weighted by atomic mass is 10.0. The first-order chi connectivity index (χ1) is 7.56. The van der Waals surface area contributed by atoms with Crippen LogP contribution in [0.1, 0.15) is 29.3 Å². The molecule has 3 N–H and O–H groups in total. The number of carboxylic acids is 1. The Hall–Kier alpha value is -1.46. The van der Waals surface area contributed by atoms with Crippen LogP contribution in [-0.2, 0) is 17.9 Å². The molecule has 1 atom stereocenters. The lowest BCUT2D eigenvalue weighted by molar-refractivity contribution is -0.137. The van der Waals surface area contributed by atoms with Crippen molar-refractivity contribution >= 4 is 5.97 Å². The minimum atomic E-state index is -0.884. The summed E-state index contributed by atoms with van der Waals surface area (Å²) < 4.78 is 0. The smallest absolute Gasteiger partial charge is 0.305 e. The first-order valence-electron chi connectivity index (χ1n) is 5.20. The third-order valence-electron chi connectivity index (χ3n) is 2.76. The molecule has 0 fully saturated rings. The predicted molar refractivity (Wildman–Crippen MR) is 58.6 cm³/mol. The van der Waals surface area contributed by atoms with E-state index in [9.17, 15) is 4.79 Å². The molecule has 0 radical (unpaired) electrons. The van der Waals surface area contributed by atoms with Gasteiger partial charge in [0.15, 0.2) is 0 Å². The second kappa shape index (κ2) is 4.19. The van der Waals surface area contributed by atoms with Gasteiger partial charge in [0.25, 0.3) is 0 Å². The van der Waals surface area contributed by atoms with E-state index in [4.69, 9.17) is 10.8 Å². The van der Waals surface area contributed by atoms with Gasteiger partial charge in [-0.25, -0.2) is 0 Å². The normalized spacial score (nSPS) is 17.1. The Morgan fingerprint density at radius 2 is 2.44 bits per heavy atom. The molecule has 1 aromatic heterocycles. The van der Waals surface area contributed by atoms with Gasteiger partial charge in [0.05, 0.1) is 12.1 Å². The van der Waals surface area contributed by atoms with Crippen LogP contribution in [0.3, 0.4) is 0 Å². The molecule has 16 heavy (non-hydrogen) atoms. The molecular formula is C11H15N3O2. The Labute approximate surface area is 93.9 Å². The molecule has 86 valence electrons. The third kappa shape index (κ3) is 2.20. The molecule has 0 aromatic carbocycles. The first kappa shape index (κ1) is 11.0. The quantitative estimate of drug-likeness (QED) is 0.777. The van der Waals surface area contributed by atoms with Gasteiger partial charge in [-0.15, -0.1) is 0 Å². The minimum absolute atomic E-state index is 0.0592. The molecule has 0 spiro atoms. The van der Waals surface area contributed by atoms with Crippen LogP contribution in [-0.4, -0.2) is 28.0 Å². The highest BCUT2D eigenvalue weighted by Crippen LogP contribution is 2.23. The summed E-state index contributed by atoms with van der Waals surface area (Å²) in [6.45, 7) is 1.71. The Balaban J connectivity index is 2.19. The summed E-state index contributed by atoms with van der Waals surface area (Å²) in [7, 11) is 2.03. The van der Waals surface area contributed by atoms with Crippen molar-refractivity contribution in [2.24, 2.45) is 5.73 Å². The molecule has 0 bridgehead atoms. The minimum Gasteiger partial charge on any atom is -0.481 e. The van der Waals surface area contributed by atoms with Crippen molar-refractivity contribution < 1.29 is 9.90 Å². The van der Waals surface area contributed by atoms with Gasteiger partial charge in [-0.3, -0.25) is 14.7 Å². The van der Waals surface area contributed by atoms with Gasteiger partial charge in [-0.05, 0) is 24.2 Å². The number of nitrogens with zero attached hydrogens (tertiary/aromatic N) is 2. The molecule has 1 aliphatic heterocycles. The molecule has 2 heterocycles. The van der Waals surface area contributed by atoms with Crippen LogP contribution in [0.25, 0.3) is 0 Å². The maximum absolute atomic E-state index is 10.6. The van der Waals surface area contributed by atoms with Crippen LogP contribution in [0.2, 0.25) is 0 Å². The van der Waals surface area contributed by atoms with Crippen molar-refractivity contribution in [3.8, 4) is 0 Å². The lowest BCUT2D eigenvalue weighted by Gasteiger charge is -2.10. The maximum Gasteiger partial charge on any atom is 0.305 e. The van der Waals surface area contributed by atoms with Crippen molar-refractivity contribution in [2.75, 3.05) is 7.05 Å². The molecule has 1 aliphatic rings. The monoisotopic (exact) mass is 221 g/mol. The van der Waals surface area contributed by atoms with Crippen molar-refractivity contribution in [1.82, 2.24) is 9.88 Å². The zero-order valence-corrected chi connectivity index (χ0v) is 9.18. The van der Waals surface area contributed by atoms with Crippen LogP contribution >= 0.6 is 0 Å². The number of carbonyl (C=O) groups is 1. The van der Waals surface area contributed by atoms with Gasteiger partial charge in [0, 0.05) is 25.3 Å². The second-order valence-corrected chi connectivity index (χ2v) is 4.25. The van der Waals surface area contributed by atoms with Gasteiger partial charge in [-0.1, -0.05) is 0 Å². The summed E-state index contributed by atoms with van der Waals surface area (Å²) in [4.78, 5) is 17.0. The Morgan fingerprint density at radius 1 is 1.69 bits per heavy atom. The molecule has 2 rings (SSSR count). The van der Waals surface area contributed by atoms with Gasteiger partial charge in [-0.2, -0.15) is 0 Å². The zero-order chi connectivity index (χ0) is 11.7. The van der Waals surface area contributed by atoms with Crippen LogP contribution in [0.15, 0.2) is 12.3 Å². The SMILES string of the molecule is CN1Cc2cc(C(N)CC(=O)O)cnc2C1. The first-order valence-corrected chi connectivity index (χ1v) is 5.20. The number of hydrogen-bond acceptors (Lipinski definition) is 4. The number of pyridine rings is 1. The van der Waals surface area contributed by atoms with E-state index >= 15 is 0 Å². The van der Waals surface area contributed by atoms with E-state index in [-0.39, 0.29) is 6.42 Å². The van der Waals surface area contributed by atoms with E-state index in [2.05, 4.69) is 9.88 Å². The zero-order valence-electron chi connectivity index (χ0n) is 9.18. The number of hydrogen-bond donors (Lipinski definition) is 2. The van der Waals surface area contributed by atoms with E-state index < -0.39 is 12.0 Å². The third-order valence-corrected chi connectivity index (χ3v) is 2.76. The molecule has 1 unspecified atom stereocenters. The summed E-state index contributed by atoms with van der Waals surface area (Å²) in [6, 6.07) is 1.50. The standard InChI is InChI=1S/C11H15N3O2/c1-14-5-8-2-7(4-13-10(8)6-14)9(12)3-11(15)16/h2,4,9H,3,5-6,12H2,1H3,(H,15,16). The molecule has 1 aromatic rings. The van der Waals surface area contributed by atoms with E-state index in [0.717, 1.165) is 29.9 Å². The average Bonchev–Trinajstić information content (AvgIpc) is 2.55.